The SMILES string of the molecule is O=C(O)[C@@]12CCC[C@H]1CN(C(=O)[C@@]13CCCC[C@H]1CNC3)C2. The second kappa shape index (κ2) is 4.95. The predicted octanol–water partition coefficient (Wildman–Crippen LogP) is 1.48. The molecule has 2 N–H and O–H groups in total. The van der Waals surface area contributed by atoms with E-state index < -0.39 is 11.4 Å². The van der Waals surface area contributed by atoms with E-state index in [9.17, 15) is 14.7 Å². The number of fused-ring (bicyclic) bond motifs is 2. The number of rotatable bonds is 2. The summed E-state index contributed by atoms with van der Waals surface area (Å²) in [6.45, 7) is 2.85. The fourth-order valence-electron chi connectivity index (χ4n) is 5.78. The van der Waals surface area contributed by atoms with E-state index in [0.717, 1.165) is 51.6 Å². The van der Waals surface area contributed by atoms with Gasteiger partial charge in [0.1, 0.15) is 0 Å². The number of hydrogen-bond donors (Lipinski definition) is 2. The van der Waals surface area contributed by atoms with Gasteiger partial charge in [0.25, 0.3) is 0 Å². The van der Waals surface area contributed by atoms with Gasteiger partial charge in [-0.2, -0.15) is 0 Å². The number of nitrogens with one attached hydrogen (secondary N) is 1. The summed E-state index contributed by atoms with van der Waals surface area (Å²) < 4.78 is 0. The molecule has 2 saturated heterocycles. The Kier molecular flexibility index (Phi) is 3.26. The number of carbonyl (C=O) groups excluding carboxylic acids is 1. The largest absolute Gasteiger partial charge is 0.481 e. The highest BCUT2D eigenvalue weighted by molar-refractivity contribution is 5.86. The van der Waals surface area contributed by atoms with Crippen LogP contribution in [0.25, 0.3) is 0 Å². The Morgan fingerprint density at radius 2 is 1.82 bits per heavy atom. The normalized spacial score (nSPS) is 43.9. The topological polar surface area (TPSA) is 69.6 Å². The van der Waals surface area contributed by atoms with Crippen LogP contribution in [-0.2, 0) is 9.59 Å². The van der Waals surface area contributed by atoms with E-state index in [1.807, 2.05) is 4.90 Å². The molecule has 0 spiro atoms. The highest BCUT2D eigenvalue weighted by Gasteiger charge is 2.59. The molecule has 0 bridgehead atoms. The Balaban J connectivity index is 1.58. The summed E-state index contributed by atoms with van der Waals surface area (Å²) in [6.07, 6.45) is 7.17. The molecule has 2 heterocycles. The lowest BCUT2D eigenvalue weighted by Crippen LogP contribution is -2.50. The van der Waals surface area contributed by atoms with Crippen molar-refractivity contribution in [3.05, 3.63) is 0 Å². The van der Waals surface area contributed by atoms with Crippen LogP contribution in [0, 0.1) is 22.7 Å². The van der Waals surface area contributed by atoms with E-state index in [1.165, 1.54) is 6.42 Å². The Hall–Kier alpha value is -1.10. The number of hydrogen-bond acceptors (Lipinski definition) is 3. The molecule has 22 heavy (non-hydrogen) atoms. The van der Waals surface area contributed by atoms with E-state index >= 15 is 0 Å². The second-order valence-electron chi connectivity index (χ2n) is 7.97. The van der Waals surface area contributed by atoms with E-state index in [1.54, 1.807) is 0 Å². The molecule has 4 rings (SSSR count). The molecule has 5 heteroatoms. The van der Waals surface area contributed by atoms with Gasteiger partial charge >= 0.3 is 5.97 Å². The molecule has 1 amide bonds. The van der Waals surface area contributed by atoms with Crippen LogP contribution >= 0.6 is 0 Å². The van der Waals surface area contributed by atoms with Gasteiger partial charge in [0.15, 0.2) is 0 Å². The maximum absolute atomic E-state index is 13.3. The molecule has 0 aromatic carbocycles. The number of carboxylic acids is 1. The Labute approximate surface area is 131 Å². The smallest absolute Gasteiger partial charge is 0.311 e. The summed E-state index contributed by atoms with van der Waals surface area (Å²) in [5.41, 5.74) is -0.890. The Bertz CT molecular complexity index is 508. The van der Waals surface area contributed by atoms with Gasteiger partial charge in [0, 0.05) is 19.6 Å². The van der Waals surface area contributed by atoms with Crippen LogP contribution in [0.3, 0.4) is 0 Å². The van der Waals surface area contributed by atoms with E-state index in [-0.39, 0.29) is 17.2 Å². The lowest BCUT2D eigenvalue weighted by Gasteiger charge is -2.40. The first-order chi connectivity index (χ1) is 10.6. The summed E-state index contributed by atoms with van der Waals surface area (Å²) in [4.78, 5) is 27.0. The van der Waals surface area contributed by atoms with Crippen molar-refractivity contribution < 1.29 is 14.7 Å². The summed E-state index contributed by atoms with van der Waals surface area (Å²) in [5, 5.41) is 13.1. The molecular weight excluding hydrogens is 280 g/mol. The van der Waals surface area contributed by atoms with Crippen LogP contribution in [0.4, 0.5) is 0 Å². The first-order valence-corrected chi connectivity index (χ1v) is 8.82. The fourth-order valence-corrected chi connectivity index (χ4v) is 5.78. The first-order valence-electron chi connectivity index (χ1n) is 8.82. The van der Waals surface area contributed by atoms with E-state index in [4.69, 9.17) is 0 Å². The standard InChI is InChI=1S/C17H26N2O3/c20-14(16-6-2-1-4-12(16)8-18-10-16)19-9-13-5-3-7-17(13,11-19)15(21)22/h12-13,18H,1-11H2,(H,21,22)/t12-,13-,16+,17+/m0/s1. The number of nitrogens with zero attached hydrogens (tertiary/aromatic N) is 1. The lowest BCUT2D eigenvalue weighted by atomic mass is 9.67. The van der Waals surface area contributed by atoms with Gasteiger partial charge in [-0.05, 0) is 44.1 Å². The number of aliphatic carboxylic acids is 1. The molecule has 4 fully saturated rings. The molecule has 122 valence electrons. The molecule has 4 aliphatic rings. The Morgan fingerprint density at radius 3 is 2.59 bits per heavy atom. The monoisotopic (exact) mass is 306 g/mol. The second-order valence-corrected chi connectivity index (χ2v) is 7.97. The van der Waals surface area contributed by atoms with Crippen molar-refractivity contribution in [2.75, 3.05) is 26.2 Å². The van der Waals surface area contributed by atoms with Crippen LogP contribution in [0.15, 0.2) is 0 Å². The van der Waals surface area contributed by atoms with Crippen molar-refractivity contribution in [1.29, 1.82) is 0 Å². The third kappa shape index (κ3) is 1.81. The van der Waals surface area contributed by atoms with Gasteiger partial charge < -0.3 is 15.3 Å². The molecular formula is C17H26N2O3. The van der Waals surface area contributed by atoms with Crippen LogP contribution < -0.4 is 5.32 Å². The zero-order chi connectivity index (χ0) is 15.4. The minimum absolute atomic E-state index is 0.168. The minimum atomic E-state index is -0.687. The van der Waals surface area contributed by atoms with E-state index in [2.05, 4.69) is 5.32 Å². The maximum atomic E-state index is 13.3. The summed E-state index contributed by atoms with van der Waals surface area (Å²) in [7, 11) is 0. The predicted molar refractivity (Wildman–Crippen MR) is 81.3 cm³/mol. The van der Waals surface area contributed by atoms with Gasteiger partial charge in [-0.3, -0.25) is 9.59 Å². The third-order valence-electron chi connectivity index (χ3n) is 7.05. The molecule has 4 atom stereocenters. The van der Waals surface area contributed by atoms with Gasteiger partial charge in [-0.15, -0.1) is 0 Å². The molecule has 0 radical (unpaired) electrons. The van der Waals surface area contributed by atoms with Crippen molar-refractivity contribution in [1.82, 2.24) is 10.2 Å². The van der Waals surface area contributed by atoms with Gasteiger partial charge in [0.2, 0.25) is 5.91 Å². The van der Waals surface area contributed by atoms with Gasteiger partial charge in [-0.25, -0.2) is 0 Å². The molecule has 0 aromatic heterocycles. The lowest BCUT2D eigenvalue weighted by molar-refractivity contribution is -0.150. The molecule has 5 nitrogen and oxygen atoms in total. The van der Waals surface area contributed by atoms with Crippen LogP contribution in [-0.4, -0.2) is 48.1 Å². The molecule has 0 aromatic rings. The summed E-state index contributed by atoms with van der Waals surface area (Å²) >= 11 is 0. The Morgan fingerprint density at radius 1 is 1.05 bits per heavy atom. The van der Waals surface area contributed by atoms with Crippen LogP contribution in [0.2, 0.25) is 0 Å². The van der Waals surface area contributed by atoms with Crippen LogP contribution in [0.1, 0.15) is 44.9 Å². The number of carbonyl (C=O) groups is 2. The highest BCUT2D eigenvalue weighted by Crippen LogP contribution is 2.52. The van der Waals surface area contributed by atoms with Crippen molar-refractivity contribution in [2.45, 2.75) is 44.9 Å². The van der Waals surface area contributed by atoms with Gasteiger partial charge in [-0.1, -0.05) is 19.3 Å². The van der Waals surface area contributed by atoms with Crippen LogP contribution in [0.5, 0.6) is 0 Å². The zero-order valence-corrected chi connectivity index (χ0v) is 13.1. The van der Waals surface area contributed by atoms with Crippen molar-refractivity contribution >= 4 is 11.9 Å². The number of likely N-dealkylation sites (tertiary alicyclic amines) is 1. The molecule has 2 aliphatic carbocycles. The quantitative estimate of drug-likeness (QED) is 0.811. The fraction of sp³-hybridized carbons (Fsp3) is 0.882. The number of amides is 1. The first kappa shape index (κ1) is 14.5. The molecule has 2 saturated carbocycles. The van der Waals surface area contributed by atoms with Crippen molar-refractivity contribution in [3.63, 3.8) is 0 Å². The molecule has 0 unspecified atom stereocenters. The highest BCUT2D eigenvalue weighted by atomic mass is 16.4. The third-order valence-corrected chi connectivity index (χ3v) is 7.05. The van der Waals surface area contributed by atoms with E-state index in [0.29, 0.717) is 19.0 Å². The van der Waals surface area contributed by atoms with Crippen molar-refractivity contribution in [2.24, 2.45) is 22.7 Å². The average molecular weight is 306 g/mol. The van der Waals surface area contributed by atoms with Gasteiger partial charge in [0.05, 0.1) is 10.8 Å². The minimum Gasteiger partial charge on any atom is -0.481 e. The van der Waals surface area contributed by atoms with Crippen molar-refractivity contribution in [3.8, 4) is 0 Å². The average Bonchev–Trinajstić information content (AvgIpc) is 3.18. The zero-order valence-electron chi connectivity index (χ0n) is 13.1. The summed E-state index contributed by atoms with van der Waals surface area (Å²) in [6, 6.07) is 0. The maximum Gasteiger partial charge on any atom is 0.311 e. The summed E-state index contributed by atoms with van der Waals surface area (Å²) in [5.74, 6) is 0.182. The number of carboxylic acid groups (broad SMARTS) is 1. The molecule has 2 aliphatic heterocycles.